The molecule has 2 heteroatoms. The Morgan fingerprint density at radius 2 is 1.56 bits per heavy atom. The first-order chi connectivity index (χ1) is 8.50. The number of amides is 1. The maximum atomic E-state index is 12.7. The first kappa shape index (κ1) is 13.9. The Labute approximate surface area is 112 Å². The molecule has 0 bridgehead atoms. The average Bonchev–Trinajstić information content (AvgIpc) is 2.38. The van der Waals surface area contributed by atoms with Crippen molar-refractivity contribution in [3.8, 4) is 0 Å². The van der Waals surface area contributed by atoms with Crippen LogP contribution in [0, 0.1) is 11.3 Å². The van der Waals surface area contributed by atoms with Crippen LogP contribution in [0.3, 0.4) is 0 Å². The van der Waals surface area contributed by atoms with Crippen LogP contribution in [0.4, 0.5) is 0 Å². The molecule has 18 heavy (non-hydrogen) atoms. The summed E-state index contributed by atoms with van der Waals surface area (Å²) in [5.41, 5.74) is 0.227. The maximum Gasteiger partial charge on any atom is 0.225 e. The molecule has 0 N–H and O–H groups in total. The van der Waals surface area contributed by atoms with Gasteiger partial charge in [-0.1, -0.05) is 40.0 Å². The molecule has 2 fully saturated rings. The molecule has 1 unspecified atom stereocenters. The molecule has 0 aromatic carbocycles. The second-order valence-electron chi connectivity index (χ2n) is 7.24. The number of rotatable bonds is 1. The third kappa shape index (κ3) is 3.07. The molecule has 1 saturated heterocycles. The molecule has 2 aliphatic rings. The van der Waals surface area contributed by atoms with Gasteiger partial charge in [0, 0.05) is 18.5 Å². The van der Waals surface area contributed by atoms with Gasteiger partial charge in [0.15, 0.2) is 0 Å². The number of nitrogens with zero attached hydrogens (tertiary/aromatic N) is 1. The van der Waals surface area contributed by atoms with Gasteiger partial charge in [0.1, 0.15) is 0 Å². The summed E-state index contributed by atoms with van der Waals surface area (Å²) in [4.78, 5) is 15.0. The van der Waals surface area contributed by atoms with Gasteiger partial charge in [-0.15, -0.1) is 0 Å². The highest BCUT2D eigenvalue weighted by Crippen LogP contribution is 2.34. The Bertz CT molecular complexity index is 286. The fourth-order valence-corrected chi connectivity index (χ4v) is 3.68. The molecule has 0 aromatic heterocycles. The van der Waals surface area contributed by atoms with Crippen LogP contribution < -0.4 is 0 Å². The van der Waals surface area contributed by atoms with E-state index in [-0.39, 0.29) is 5.41 Å². The Hall–Kier alpha value is -0.530. The van der Waals surface area contributed by atoms with E-state index in [0.717, 1.165) is 19.4 Å². The van der Waals surface area contributed by atoms with E-state index in [1.165, 1.54) is 38.5 Å². The van der Waals surface area contributed by atoms with E-state index in [9.17, 15) is 4.79 Å². The van der Waals surface area contributed by atoms with Crippen LogP contribution in [0.2, 0.25) is 0 Å². The fraction of sp³-hybridized carbons (Fsp3) is 0.938. The molecule has 1 aliphatic heterocycles. The third-order valence-electron chi connectivity index (χ3n) is 4.74. The van der Waals surface area contributed by atoms with E-state index >= 15 is 0 Å². The standard InChI is InChI=1S/C16H29NO/c1-16(2,3)14-11-7-8-12-17(14)15(18)13-9-5-4-6-10-13/h13-14H,4-12H2,1-3H3. The molecule has 1 saturated carbocycles. The van der Waals surface area contributed by atoms with Crippen molar-refractivity contribution >= 4 is 5.91 Å². The van der Waals surface area contributed by atoms with E-state index in [0.29, 0.717) is 17.9 Å². The van der Waals surface area contributed by atoms with Crippen molar-refractivity contribution in [3.63, 3.8) is 0 Å². The molecule has 0 spiro atoms. The third-order valence-corrected chi connectivity index (χ3v) is 4.74. The number of piperidine rings is 1. The van der Waals surface area contributed by atoms with E-state index < -0.39 is 0 Å². The first-order valence-electron chi connectivity index (χ1n) is 7.80. The molecule has 2 nitrogen and oxygen atoms in total. The van der Waals surface area contributed by atoms with Gasteiger partial charge in [0.05, 0.1) is 0 Å². The summed E-state index contributed by atoms with van der Waals surface area (Å²) < 4.78 is 0. The maximum absolute atomic E-state index is 12.7. The minimum absolute atomic E-state index is 0.227. The second kappa shape index (κ2) is 5.63. The van der Waals surface area contributed by atoms with Gasteiger partial charge in [0.25, 0.3) is 0 Å². The lowest BCUT2D eigenvalue weighted by Gasteiger charge is -2.45. The predicted molar refractivity (Wildman–Crippen MR) is 75.4 cm³/mol. The highest BCUT2D eigenvalue weighted by molar-refractivity contribution is 5.79. The van der Waals surface area contributed by atoms with Crippen LogP contribution in [0.1, 0.15) is 72.1 Å². The summed E-state index contributed by atoms with van der Waals surface area (Å²) in [6.45, 7) is 7.84. The summed E-state index contributed by atoms with van der Waals surface area (Å²) in [6.07, 6.45) is 9.78. The summed E-state index contributed by atoms with van der Waals surface area (Å²) >= 11 is 0. The minimum Gasteiger partial charge on any atom is -0.339 e. The quantitative estimate of drug-likeness (QED) is 0.690. The van der Waals surface area contributed by atoms with Crippen LogP contribution in [0.5, 0.6) is 0 Å². The molecular formula is C16H29NO. The van der Waals surface area contributed by atoms with Crippen molar-refractivity contribution in [1.82, 2.24) is 4.90 Å². The molecule has 1 atom stereocenters. The van der Waals surface area contributed by atoms with Crippen molar-refractivity contribution in [2.75, 3.05) is 6.54 Å². The smallest absolute Gasteiger partial charge is 0.225 e. The highest BCUT2D eigenvalue weighted by atomic mass is 16.2. The topological polar surface area (TPSA) is 20.3 Å². The molecular weight excluding hydrogens is 222 g/mol. The summed E-state index contributed by atoms with van der Waals surface area (Å²) in [5, 5.41) is 0. The zero-order valence-corrected chi connectivity index (χ0v) is 12.4. The van der Waals surface area contributed by atoms with Gasteiger partial charge in [-0.05, 0) is 37.5 Å². The lowest BCUT2D eigenvalue weighted by molar-refractivity contribution is -0.143. The van der Waals surface area contributed by atoms with E-state index in [1.54, 1.807) is 0 Å². The fourth-order valence-electron chi connectivity index (χ4n) is 3.68. The van der Waals surface area contributed by atoms with Gasteiger partial charge >= 0.3 is 0 Å². The molecule has 104 valence electrons. The van der Waals surface area contributed by atoms with Crippen molar-refractivity contribution < 1.29 is 4.79 Å². The summed E-state index contributed by atoms with van der Waals surface area (Å²) in [6, 6.07) is 0.459. The zero-order valence-electron chi connectivity index (χ0n) is 12.4. The molecule has 0 aromatic rings. The van der Waals surface area contributed by atoms with Gasteiger partial charge in [-0.25, -0.2) is 0 Å². The average molecular weight is 251 g/mol. The second-order valence-corrected chi connectivity index (χ2v) is 7.24. The van der Waals surface area contributed by atoms with Crippen LogP contribution >= 0.6 is 0 Å². The number of carbonyl (C=O) groups is 1. The number of hydrogen-bond donors (Lipinski definition) is 0. The van der Waals surface area contributed by atoms with Crippen LogP contribution in [-0.4, -0.2) is 23.4 Å². The van der Waals surface area contributed by atoms with Crippen molar-refractivity contribution in [1.29, 1.82) is 0 Å². The monoisotopic (exact) mass is 251 g/mol. The lowest BCUT2D eigenvalue weighted by Crippen LogP contribution is -2.52. The van der Waals surface area contributed by atoms with E-state index in [2.05, 4.69) is 25.7 Å². The largest absolute Gasteiger partial charge is 0.339 e. The number of likely N-dealkylation sites (tertiary alicyclic amines) is 1. The van der Waals surface area contributed by atoms with Crippen LogP contribution in [-0.2, 0) is 4.79 Å². The van der Waals surface area contributed by atoms with Crippen molar-refractivity contribution in [2.24, 2.45) is 11.3 Å². The number of hydrogen-bond acceptors (Lipinski definition) is 1. The van der Waals surface area contributed by atoms with E-state index in [4.69, 9.17) is 0 Å². The Morgan fingerprint density at radius 3 is 2.17 bits per heavy atom. The lowest BCUT2D eigenvalue weighted by atomic mass is 9.79. The van der Waals surface area contributed by atoms with Gasteiger partial charge in [-0.3, -0.25) is 4.79 Å². The number of carbonyl (C=O) groups excluding carboxylic acids is 1. The Balaban J connectivity index is 2.05. The van der Waals surface area contributed by atoms with Crippen molar-refractivity contribution in [2.45, 2.75) is 78.2 Å². The van der Waals surface area contributed by atoms with Gasteiger partial charge < -0.3 is 4.90 Å². The summed E-state index contributed by atoms with van der Waals surface area (Å²) in [5.74, 6) is 0.802. The van der Waals surface area contributed by atoms with Gasteiger partial charge in [-0.2, -0.15) is 0 Å². The van der Waals surface area contributed by atoms with Gasteiger partial charge in [0.2, 0.25) is 5.91 Å². The van der Waals surface area contributed by atoms with Crippen LogP contribution in [0.25, 0.3) is 0 Å². The normalized spacial score (nSPS) is 27.3. The SMILES string of the molecule is CC(C)(C)C1CCCCN1C(=O)C1CCCCC1. The molecule has 0 radical (unpaired) electrons. The van der Waals surface area contributed by atoms with Crippen LogP contribution in [0.15, 0.2) is 0 Å². The predicted octanol–water partition coefficient (Wildman–Crippen LogP) is 3.99. The Morgan fingerprint density at radius 1 is 0.944 bits per heavy atom. The highest BCUT2D eigenvalue weighted by Gasteiger charge is 2.37. The molecule has 1 heterocycles. The molecule has 1 amide bonds. The Kier molecular flexibility index (Phi) is 4.34. The zero-order chi connectivity index (χ0) is 13.2. The molecule has 2 rings (SSSR count). The summed E-state index contributed by atoms with van der Waals surface area (Å²) in [7, 11) is 0. The molecule has 1 aliphatic carbocycles. The first-order valence-corrected chi connectivity index (χ1v) is 7.80. The van der Waals surface area contributed by atoms with Crippen molar-refractivity contribution in [3.05, 3.63) is 0 Å². The minimum atomic E-state index is 0.227. The van der Waals surface area contributed by atoms with E-state index in [1.807, 2.05) is 0 Å².